The summed E-state index contributed by atoms with van der Waals surface area (Å²) in [4.78, 5) is 90.8. The fourth-order valence-electron chi connectivity index (χ4n) is 18.8. The molecule has 11 saturated heterocycles. The summed E-state index contributed by atoms with van der Waals surface area (Å²) >= 11 is 0. The molecule has 11 rings (SSSR count). The smallest absolute Gasteiger partial charge is 0.364 e. The molecule has 836 valence electrons. The van der Waals surface area contributed by atoms with Gasteiger partial charge in [-0.3, -0.25) is 28.8 Å². The number of rotatable bonds is 39. The molecule has 0 saturated carbocycles. The number of carbonyl (C=O) groups is 7. The first-order valence-electron chi connectivity index (χ1n) is 46.1. The minimum absolute atomic E-state index is 0.845. The first-order valence-corrected chi connectivity index (χ1v) is 46.1. The van der Waals surface area contributed by atoms with E-state index < -0.39 is 457 Å². The van der Waals surface area contributed by atoms with Crippen LogP contribution in [-0.2, 0) is 133 Å². The van der Waals surface area contributed by atoms with Crippen LogP contribution in [0.25, 0.3) is 0 Å². The van der Waals surface area contributed by atoms with Gasteiger partial charge in [-0.05, 0) is 6.92 Å². The van der Waals surface area contributed by atoms with Crippen molar-refractivity contribution in [2.24, 2.45) is 0 Å². The van der Waals surface area contributed by atoms with Gasteiger partial charge < -0.3 is 285 Å². The number of hydrogen-bond donors (Lipinski definition) is 36. The molecule has 56 atom stereocenters. The van der Waals surface area contributed by atoms with Crippen LogP contribution >= 0.6 is 0 Å². The number of carbonyl (C=O) groups excluding carboxylic acids is 6. The Labute approximate surface area is 821 Å². The van der Waals surface area contributed by atoms with Gasteiger partial charge in [0.2, 0.25) is 35.4 Å². The molecule has 0 aromatic rings. The highest BCUT2D eigenvalue weighted by atomic mass is 16.8. The predicted octanol–water partition coefficient (Wildman–Crippen LogP) is -23.9. The Hall–Kier alpha value is -5.71. The summed E-state index contributed by atoms with van der Waals surface area (Å²) in [6.07, 6.45) is -110. The van der Waals surface area contributed by atoms with E-state index in [1.165, 1.54) is 6.92 Å². The van der Waals surface area contributed by atoms with Crippen molar-refractivity contribution in [2.45, 2.75) is 398 Å². The van der Waals surface area contributed by atoms with Crippen molar-refractivity contribution in [2.75, 3.05) is 66.1 Å². The minimum atomic E-state index is -3.35. The zero-order valence-electron chi connectivity index (χ0n) is 78.4. The topological polar surface area (TPSA) is 992 Å². The van der Waals surface area contributed by atoms with Crippen molar-refractivity contribution in [3.8, 4) is 0 Å². The average molecular weight is 2120 g/mol. The van der Waals surface area contributed by atoms with Gasteiger partial charge in [-0.1, -0.05) is 0 Å². The number of carboxylic acid groups (broad SMARTS) is 1. The second-order valence-corrected chi connectivity index (χ2v) is 36.7. The Morgan fingerprint density at radius 2 is 0.621 bits per heavy atom. The van der Waals surface area contributed by atoms with Crippen molar-refractivity contribution in [3.63, 3.8) is 0 Å². The molecule has 0 aromatic heterocycles. The highest BCUT2D eigenvalue weighted by Gasteiger charge is 2.65. The van der Waals surface area contributed by atoms with Crippen LogP contribution in [-0.4, -0.2) is 604 Å². The lowest BCUT2D eigenvalue weighted by molar-refractivity contribution is -0.405. The van der Waals surface area contributed by atoms with E-state index in [4.69, 9.17) is 99.5 Å². The Bertz CT molecular complexity index is 4150. The summed E-state index contributed by atoms with van der Waals surface area (Å²) in [6, 6.07) is -11.7. The molecule has 11 heterocycles. The number of aliphatic carboxylic acids is 1. The molecule has 11 aliphatic rings. The first-order chi connectivity index (χ1) is 68.4. The van der Waals surface area contributed by atoms with E-state index in [1.54, 1.807) is 0 Å². The molecular weight excluding hydrogens is 1980 g/mol. The highest BCUT2D eigenvalue weighted by molar-refractivity contribution is 5.77. The number of aliphatic hydroxyl groups is 29. The van der Waals surface area contributed by atoms with Crippen LogP contribution in [0.2, 0.25) is 0 Å². The van der Waals surface area contributed by atoms with Gasteiger partial charge in [0.15, 0.2) is 62.9 Å². The van der Waals surface area contributed by atoms with Crippen LogP contribution in [0.1, 0.15) is 54.9 Å². The second kappa shape index (κ2) is 51.8. The van der Waals surface area contributed by atoms with Gasteiger partial charge in [0, 0.05) is 48.0 Å². The lowest BCUT2D eigenvalue weighted by Gasteiger charge is -2.52. The van der Waals surface area contributed by atoms with Crippen LogP contribution in [0, 0.1) is 0 Å². The van der Waals surface area contributed by atoms with Gasteiger partial charge in [0.05, 0.1) is 84.3 Å². The van der Waals surface area contributed by atoms with Gasteiger partial charge in [-0.25, -0.2) is 4.79 Å². The van der Waals surface area contributed by atoms with E-state index in [0.717, 1.165) is 41.5 Å². The van der Waals surface area contributed by atoms with Crippen LogP contribution in [0.15, 0.2) is 0 Å². The normalized spacial score (nSPS) is 47.2. The summed E-state index contributed by atoms with van der Waals surface area (Å²) in [5.41, 5.74) is 0. The second-order valence-electron chi connectivity index (χ2n) is 36.7. The van der Waals surface area contributed by atoms with Gasteiger partial charge >= 0.3 is 5.97 Å². The van der Waals surface area contributed by atoms with Crippen LogP contribution in [0.5, 0.6) is 0 Å². The quantitative estimate of drug-likeness (QED) is 0.0272. The zero-order chi connectivity index (χ0) is 107. The maximum Gasteiger partial charge on any atom is 0.364 e. The molecule has 0 bridgehead atoms. The summed E-state index contributed by atoms with van der Waals surface area (Å²) in [5.74, 6) is -11.4. The molecule has 0 aromatic carbocycles. The number of aliphatic hydroxyl groups excluding tert-OH is 29. The minimum Gasteiger partial charge on any atom is -0.477 e. The van der Waals surface area contributed by atoms with Crippen molar-refractivity contribution in [3.05, 3.63) is 0 Å². The van der Waals surface area contributed by atoms with Crippen molar-refractivity contribution in [1.82, 2.24) is 31.9 Å². The van der Waals surface area contributed by atoms with Gasteiger partial charge in [-0.15, -0.1) is 0 Å². The predicted molar refractivity (Wildman–Crippen MR) is 448 cm³/mol. The summed E-state index contributed by atoms with van der Waals surface area (Å²) < 4.78 is 127. The number of carboxylic acids is 1. The highest BCUT2D eigenvalue weighted by Crippen LogP contribution is 2.44. The number of ether oxygens (including phenoxy) is 21. The third kappa shape index (κ3) is 26.9. The molecule has 0 unspecified atom stereocenters. The van der Waals surface area contributed by atoms with E-state index in [-0.39, 0.29) is 0 Å². The SMILES string of the molecule is CC(=O)N[C@@H]1[C@@H](O)[C@H](O[C@@H]2O[C@H](CO)[C@@H](O[C@@H]3O[C@H](CO[C@H]4O[C@H](CO)[C@@H](O)[C@H](O)[C@@H]4O[C@@H]4O[C@H](CO)[C@@H](O)[C@H](O)[C@H]4NC(C)=O)[C@@H](O)[C@H](O[C@H]4O[C@H](CO)[C@@H](O[C@@H]5O[C@H](CO)[C@@H](O[C@@H]6O[C@H](CO)[C@H](O)[C@H](O[C@]7(C(=O)O)C[C@H](O)[C@@H](NC(C)=O)[C@H]([C@H](O)[C@H](O)CO)O7)[C@H]6O)[C@H](O)[C@H]5NC(C)=O)[C@H](O)[C@@H]4O[C@@H]4O[C@H](CO)[C@@H](O)[C@H](O)[C@H]4NC(C)=O)[C@@H]3O)[C@H](O)[C@H]2NC(C)=O)[C@@H](CO[C@@H]2O[C@@H](C)[C@@H](O)[C@@H](O)[C@@H]2O)O[C@H]1O. The van der Waals surface area contributed by atoms with Crippen molar-refractivity contribution >= 4 is 41.4 Å². The largest absolute Gasteiger partial charge is 0.477 e. The van der Waals surface area contributed by atoms with E-state index in [0.29, 0.717) is 0 Å². The van der Waals surface area contributed by atoms with Crippen molar-refractivity contribution in [1.29, 1.82) is 0 Å². The maximum atomic E-state index is 13.4. The third-order valence-corrected chi connectivity index (χ3v) is 26.3. The van der Waals surface area contributed by atoms with E-state index >= 15 is 0 Å². The fraction of sp³-hybridized carbons (Fsp3) is 0.914. The Morgan fingerprint density at radius 1 is 0.297 bits per heavy atom. The van der Waals surface area contributed by atoms with Crippen LogP contribution in [0.3, 0.4) is 0 Å². The Kier molecular flexibility index (Phi) is 42.7. The molecule has 6 amide bonds. The Balaban J connectivity index is 0.950. The summed E-state index contributed by atoms with van der Waals surface area (Å²) in [7, 11) is 0. The lowest BCUT2D eigenvalue weighted by Crippen LogP contribution is -2.72. The van der Waals surface area contributed by atoms with Gasteiger partial charge in [0.1, 0.15) is 256 Å². The molecule has 64 heteroatoms. The third-order valence-electron chi connectivity index (χ3n) is 26.3. The summed E-state index contributed by atoms with van der Waals surface area (Å²) in [5, 5.41) is 355. The molecule has 145 heavy (non-hydrogen) atoms. The van der Waals surface area contributed by atoms with Gasteiger partial charge in [0.25, 0.3) is 5.79 Å². The average Bonchev–Trinajstić information content (AvgIpc) is 0.751. The first kappa shape index (κ1) is 120. The zero-order valence-corrected chi connectivity index (χ0v) is 78.4. The Morgan fingerprint density at radius 3 is 1.06 bits per heavy atom. The molecular formula is C81H134N6O58. The standard InChI is InChI=1S/C81H134N6O58/c1-19-43(104)55(116)57(118)75(127-19)125-18-36-64(52(113)38(70(122)128-36)83-21(3)97)138-74-42(87-25(7)101)54(115)61(32(14-93)134-74)139-76-59(120)66(49(110)35(136-76)17-126-78-68(56(117)47(108)30(12-91)132-78)142-71-39(84-22(4)98)50(111)45(106)28(10-89)129-71)141-79-69(143-72-40(85-23(5)99)51(112)46(107)29(11-90)130-72)58(119)63(34(16-95)135-79)137-73-41(86-24(6)100)53(114)62(33(15-94)133-73)140-77-60(121)67(48(109)31(13-92)131-77)145-81(80(123)124)8-26(102)37(82-20(2)96)65(144-81)44(105)27(103)9-88/h19,26-79,88-95,102-122H,8-18H2,1-7H3,(H,82,96)(H,83,97)(H,84,98)(H,85,99)(H,86,100)(H,87,101)(H,123,124)/t19-,26-,27+,28+,29+,30+,31+,32+,33+,34+,35+,36+,37+,38+,39+,40+,41+,42+,43+,44+,45+,46+,47+,48-,49+,50+,51+,52+,53+,54+,55+,56-,57-,58-,59-,60+,61+,62+,63+,64+,65+,66-,67-,68-,69-,70+,71-,72-,73-,74-,75+,76-,77-,78-,79+,81-/m0/s1. The molecule has 0 spiro atoms. The van der Waals surface area contributed by atoms with E-state index in [2.05, 4.69) is 31.9 Å². The van der Waals surface area contributed by atoms with Crippen LogP contribution < -0.4 is 31.9 Å². The maximum absolute atomic E-state index is 13.4. The lowest BCUT2D eigenvalue weighted by atomic mass is 9.88. The summed E-state index contributed by atoms with van der Waals surface area (Å²) in [6.45, 7) is -5.44. The number of nitrogens with one attached hydrogen (secondary N) is 6. The molecule has 64 nitrogen and oxygen atoms in total. The fourth-order valence-corrected chi connectivity index (χ4v) is 18.8. The monoisotopic (exact) mass is 2120 g/mol. The number of hydrogen-bond acceptors (Lipinski definition) is 57. The van der Waals surface area contributed by atoms with E-state index in [1.807, 2.05) is 0 Å². The number of amides is 6. The molecule has 11 fully saturated rings. The molecule has 36 N–H and O–H groups in total. The van der Waals surface area contributed by atoms with Crippen molar-refractivity contribution < 1.29 is 286 Å². The van der Waals surface area contributed by atoms with Crippen LogP contribution in [0.4, 0.5) is 0 Å². The molecule has 11 aliphatic heterocycles. The van der Waals surface area contributed by atoms with Gasteiger partial charge in [-0.2, -0.15) is 0 Å². The molecule has 0 aliphatic carbocycles. The van der Waals surface area contributed by atoms with E-state index in [9.17, 15) is 187 Å². The molecule has 0 radical (unpaired) electrons.